The molecule has 0 aliphatic heterocycles. The molecule has 1 heterocycles. The molecule has 2 rings (SSSR count). The van der Waals surface area contributed by atoms with Crippen molar-refractivity contribution in [3.05, 3.63) is 35.0 Å². The van der Waals surface area contributed by atoms with E-state index >= 15 is 0 Å². The summed E-state index contributed by atoms with van der Waals surface area (Å²) in [6.45, 7) is 8.99. The Morgan fingerprint density at radius 2 is 2.10 bits per heavy atom. The predicted octanol–water partition coefficient (Wildman–Crippen LogP) is 3.01. The van der Waals surface area contributed by atoms with Gasteiger partial charge in [-0.1, -0.05) is 37.4 Å². The third-order valence-corrected chi connectivity index (χ3v) is 3.79. The topological polar surface area (TPSA) is 73.1 Å². The number of rotatable bonds is 4. The summed E-state index contributed by atoms with van der Waals surface area (Å²) >= 11 is 1.22. The van der Waals surface area contributed by atoms with Gasteiger partial charge >= 0.3 is 0 Å². The molecule has 0 atom stereocenters. The van der Waals surface area contributed by atoms with Crippen LogP contribution in [0.3, 0.4) is 0 Å². The SMILES string of the molecule is Cc1cc(C(C)(C)C)ccc1OCc1nnsc1NN. The minimum Gasteiger partial charge on any atom is -0.487 e. The van der Waals surface area contributed by atoms with E-state index < -0.39 is 0 Å². The molecule has 0 unspecified atom stereocenters. The number of nitrogens with zero attached hydrogens (tertiary/aromatic N) is 2. The molecule has 0 aliphatic rings. The molecule has 0 radical (unpaired) electrons. The standard InChI is InChI=1S/C14H20N4OS/c1-9-7-10(14(2,3)4)5-6-12(9)19-8-11-13(16-15)20-18-17-11/h5-7,16H,8,15H2,1-4H3. The number of nitrogens with two attached hydrogens (primary N) is 1. The average Bonchev–Trinajstić information content (AvgIpc) is 2.83. The van der Waals surface area contributed by atoms with Crippen LogP contribution in [0, 0.1) is 6.92 Å². The van der Waals surface area contributed by atoms with E-state index in [1.807, 2.05) is 13.0 Å². The van der Waals surface area contributed by atoms with Gasteiger partial charge in [0.25, 0.3) is 0 Å². The van der Waals surface area contributed by atoms with Crippen LogP contribution in [0.15, 0.2) is 18.2 Å². The highest BCUT2D eigenvalue weighted by Crippen LogP contribution is 2.28. The Morgan fingerprint density at radius 1 is 1.35 bits per heavy atom. The maximum absolute atomic E-state index is 5.80. The van der Waals surface area contributed by atoms with Crippen LogP contribution in [0.5, 0.6) is 5.75 Å². The van der Waals surface area contributed by atoms with E-state index in [1.165, 1.54) is 17.1 Å². The lowest BCUT2D eigenvalue weighted by Crippen LogP contribution is -2.11. The van der Waals surface area contributed by atoms with E-state index in [4.69, 9.17) is 10.6 Å². The van der Waals surface area contributed by atoms with Crippen molar-refractivity contribution in [2.75, 3.05) is 5.43 Å². The number of hydrogen-bond donors (Lipinski definition) is 2. The first kappa shape index (κ1) is 14.7. The summed E-state index contributed by atoms with van der Waals surface area (Å²) < 4.78 is 9.64. The number of hydrazine groups is 1. The van der Waals surface area contributed by atoms with Crippen LogP contribution in [0.4, 0.5) is 5.00 Å². The maximum Gasteiger partial charge on any atom is 0.150 e. The summed E-state index contributed by atoms with van der Waals surface area (Å²) in [6.07, 6.45) is 0. The van der Waals surface area contributed by atoms with E-state index in [0.717, 1.165) is 22.0 Å². The molecule has 3 N–H and O–H groups in total. The van der Waals surface area contributed by atoms with Crippen LogP contribution in [0.2, 0.25) is 0 Å². The Labute approximate surface area is 123 Å². The smallest absolute Gasteiger partial charge is 0.150 e. The molecule has 20 heavy (non-hydrogen) atoms. The van der Waals surface area contributed by atoms with E-state index in [-0.39, 0.29) is 5.41 Å². The summed E-state index contributed by atoms with van der Waals surface area (Å²) in [5, 5.41) is 4.72. The van der Waals surface area contributed by atoms with Crippen molar-refractivity contribution < 1.29 is 4.74 Å². The van der Waals surface area contributed by atoms with Gasteiger partial charge < -0.3 is 10.2 Å². The van der Waals surface area contributed by atoms with Crippen LogP contribution in [-0.2, 0) is 12.0 Å². The largest absolute Gasteiger partial charge is 0.487 e. The number of benzene rings is 1. The highest BCUT2D eigenvalue weighted by Gasteiger charge is 2.15. The normalized spacial score (nSPS) is 11.4. The molecule has 0 spiro atoms. The predicted molar refractivity (Wildman–Crippen MR) is 81.9 cm³/mol. The molecule has 0 aliphatic carbocycles. The van der Waals surface area contributed by atoms with Gasteiger partial charge in [0, 0.05) is 11.5 Å². The lowest BCUT2D eigenvalue weighted by molar-refractivity contribution is 0.299. The van der Waals surface area contributed by atoms with Gasteiger partial charge in [-0.15, -0.1) is 5.10 Å². The fourth-order valence-electron chi connectivity index (χ4n) is 1.84. The minimum atomic E-state index is 0.138. The van der Waals surface area contributed by atoms with Crippen molar-refractivity contribution in [1.29, 1.82) is 0 Å². The fraction of sp³-hybridized carbons (Fsp3) is 0.429. The number of aromatic nitrogens is 2. The van der Waals surface area contributed by atoms with E-state index in [0.29, 0.717) is 6.61 Å². The van der Waals surface area contributed by atoms with Crippen LogP contribution in [0.25, 0.3) is 0 Å². The minimum absolute atomic E-state index is 0.138. The Hall–Kier alpha value is -1.66. The molecule has 108 valence electrons. The van der Waals surface area contributed by atoms with Crippen molar-refractivity contribution in [1.82, 2.24) is 9.59 Å². The number of aryl methyl sites for hydroxylation is 1. The van der Waals surface area contributed by atoms with Crippen molar-refractivity contribution in [2.45, 2.75) is 39.7 Å². The van der Waals surface area contributed by atoms with Crippen LogP contribution in [-0.4, -0.2) is 9.59 Å². The molecule has 0 saturated heterocycles. The Morgan fingerprint density at radius 3 is 2.70 bits per heavy atom. The molecule has 6 heteroatoms. The van der Waals surface area contributed by atoms with Crippen molar-refractivity contribution in [3.8, 4) is 5.75 Å². The number of nitrogens with one attached hydrogen (secondary N) is 1. The molecule has 0 saturated carbocycles. The first-order chi connectivity index (χ1) is 9.41. The molecular weight excluding hydrogens is 272 g/mol. The van der Waals surface area contributed by atoms with E-state index in [1.54, 1.807) is 0 Å². The van der Waals surface area contributed by atoms with Gasteiger partial charge in [-0.05, 0) is 29.5 Å². The van der Waals surface area contributed by atoms with Gasteiger partial charge in [-0.3, -0.25) is 0 Å². The number of hydrogen-bond acceptors (Lipinski definition) is 6. The summed E-state index contributed by atoms with van der Waals surface area (Å²) in [5.41, 5.74) is 5.83. The molecule has 1 aromatic carbocycles. The second-order valence-electron chi connectivity index (χ2n) is 5.71. The van der Waals surface area contributed by atoms with Gasteiger partial charge in [-0.25, -0.2) is 5.84 Å². The quantitative estimate of drug-likeness (QED) is 0.669. The number of anilines is 1. The van der Waals surface area contributed by atoms with Gasteiger partial charge in [0.2, 0.25) is 0 Å². The van der Waals surface area contributed by atoms with Crippen LogP contribution < -0.4 is 16.0 Å². The maximum atomic E-state index is 5.80. The summed E-state index contributed by atoms with van der Waals surface area (Å²) in [5.74, 6) is 6.24. The Kier molecular flexibility index (Phi) is 4.25. The summed E-state index contributed by atoms with van der Waals surface area (Å²) in [7, 11) is 0. The first-order valence-electron chi connectivity index (χ1n) is 6.43. The molecule has 5 nitrogen and oxygen atoms in total. The molecule has 2 aromatic rings. The average molecular weight is 292 g/mol. The van der Waals surface area contributed by atoms with Gasteiger partial charge in [-0.2, -0.15) is 0 Å². The lowest BCUT2D eigenvalue weighted by atomic mass is 9.86. The zero-order chi connectivity index (χ0) is 14.8. The number of nitrogen functional groups attached to an aromatic ring is 1. The second kappa shape index (κ2) is 5.76. The van der Waals surface area contributed by atoms with Crippen LogP contribution >= 0.6 is 11.5 Å². The van der Waals surface area contributed by atoms with E-state index in [2.05, 4.69) is 47.9 Å². The first-order valence-corrected chi connectivity index (χ1v) is 7.21. The monoisotopic (exact) mass is 292 g/mol. The van der Waals surface area contributed by atoms with Gasteiger partial charge in [0.1, 0.15) is 18.1 Å². The van der Waals surface area contributed by atoms with Crippen molar-refractivity contribution in [2.24, 2.45) is 5.84 Å². The zero-order valence-electron chi connectivity index (χ0n) is 12.2. The summed E-state index contributed by atoms with van der Waals surface area (Å²) in [6, 6.07) is 6.27. The molecule has 0 fully saturated rings. The van der Waals surface area contributed by atoms with E-state index in [9.17, 15) is 0 Å². The summed E-state index contributed by atoms with van der Waals surface area (Å²) in [4.78, 5) is 0. The molecule has 0 amide bonds. The Balaban J connectivity index is 2.11. The highest BCUT2D eigenvalue weighted by atomic mass is 32.1. The third kappa shape index (κ3) is 3.26. The van der Waals surface area contributed by atoms with Crippen molar-refractivity contribution in [3.63, 3.8) is 0 Å². The van der Waals surface area contributed by atoms with Gasteiger partial charge in [0.05, 0.1) is 0 Å². The number of ether oxygens (including phenoxy) is 1. The molecular formula is C14H20N4OS. The van der Waals surface area contributed by atoms with Crippen LogP contribution in [0.1, 0.15) is 37.6 Å². The van der Waals surface area contributed by atoms with Gasteiger partial charge in [0.15, 0.2) is 5.00 Å². The Bertz CT molecular complexity index is 589. The van der Waals surface area contributed by atoms with Crippen molar-refractivity contribution >= 4 is 16.5 Å². The zero-order valence-corrected chi connectivity index (χ0v) is 13.0. The second-order valence-corrected chi connectivity index (χ2v) is 6.47. The lowest BCUT2D eigenvalue weighted by Gasteiger charge is -2.20. The highest BCUT2D eigenvalue weighted by molar-refractivity contribution is 7.10. The third-order valence-electron chi connectivity index (χ3n) is 3.09. The fourth-order valence-corrected chi connectivity index (χ4v) is 2.32. The molecule has 1 aromatic heterocycles. The molecule has 0 bridgehead atoms.